The predicted molar refractivity (Wildman–Crippen MR) is 98.6 cm³/mol. The van der Waals surface area contributed by atoms with Crippen LogP contribution in [0.2, 0.25) is 0 Å². The average Bonchev–Trinajstić information content (AvgIpc) is 2.96. The first kappa shape index (κ1) is 16.5. The number of halogens is 1. The van der Waals surface area contributed by atoms with Gasteiger partial charge in [0.25, 0.3) is 5.91 Å². The Labute approximate surface area is 158 Å². The molecule has 1 aromatic carbocycles. The van der Waals surface area contributed by atoms with Crippen LogP contribution in [0.5, 0.6) is 11.5 Å². The molecule has 1 aromatic rings. The van der Waals surface area contributed by atoms with Crippen molar-refractivity contribution in [2.24, 2.45) is 5.92 Å². The maximum absolute atomic E-state index is 12.2. The summed E-state index contributed by atoms with van der Waals surface area (Å²) in [5, 5.41) is 13.5. The molecule has 5 atom stereocenters. The third-order valence-electron chi connectivity index (χ3n) is 7.16. The standard InChI is InChI=1S/C20H23ClN2O3/c1-10(21)19(25)22-13-5-4-12-14-9-11-3-6-15(24)17-16(11)20(12,18(13)26-17)7-8-23(14)2/h3,6,12-14,18,24H,1,4-5,7-9H2,2H3,(H,22,25)/t12?,13-,14?,18+,20?/m1/s1. The molecule has 6 heteroatoms. The minimum absolute atomic E-state index is 0.00595. The van der Waals surface area contributed by atoms with E-state index in [1.807, 2.05) is 6.07 Å². The highest BCUT2D eigenvalue weighted by Crippen LogP contribution is 2.63. The van der Waals surface area contributed by atoms with Crippen molar-refractivity contribution >= 4 is 17.5 Å². The summed E-state index contributed by atoms with van der Waals surface area (Å²) in [6, 6.07) is 4.15. The number of likely N-dealkylation sites (tertiary alicyclic amines) is 1. The van der Waals surface area contributed by atoms with Gasteiger partial charge in [-0.2, -0.15) is 0 Å². The van der Waals surface area contributed by atoms with Gasteiger partial charge < -0.3 is 20.1 Å². The third kappa shape index (κ3) is 1.93. The Morgan fingerprint density at radius 3 is 3.04 bits per heavy atom. The first-order valence-corrected chi connectivity index (χ1v) is 9.68. The molecule has 2 aliphatic carbocycles. The number of piperidine rings is 1. The molecule has 5 nitrogen and oxygen atoms in total. The number of amides is 1. The fourth-order valence-corrected chi connectivity index (χ4v) is 6.19. The number of aromatic hydroxyl groups is 1. The first-order valence-electron chi connectivity index (χ1n) is 9.31. The molecule has 3 unspecified atom stereocenters. The largest absolute Gasteiger partial charge is 0.504 e. The summed E-state index contributed by atoms with van der Waals surface area (Å²) in [7, 11) is 2.21. The van der Waals surface area contributed by atoms with Crippen LogP contribution >= 0.6 is 11.6 Å². The number of phenols is 1. The van der Waals surface area contributed by atoms with Crippen molar-refractivity contribution in [3.05, 3.63) is 34.9 Å². The van der Waals surface area contributed by atoms with E-state index in [-0.39, 0.29) is 34.2 Å². The second-order valence-corrected chi connectivity index (χ2v) is 8.65. The highest BCUT2D eigenvalue weighted by atomic mass is 35.5. The summed E-state index contributed by atoms with van der Waals surface area (Å²) < 4.78 is 6.38. The van der Waals surface area contributed by atoms with E-state index in [1.54, 1.807) is 6.07 Å². The minimum Gasteiger partial charge on any atom is -0.504 e. The monoisotopic (exact) mass is 374 g/mol. The van der Waals surface area contributed by atoms with Gasteiger partial charge in [-0.3, -0.25) is 4.79 Å². The second-order valence-electron chi connectivity index (χ2n) is 8.20. The topological polar surface area (TPSA) is 61.8 Å². The van der Waals surface area contributed by atoms with Crippen LogP contribution in [0.15, 0.2) is 23.7 Å². The van der Waals surface area contributed by atoms with E-state index in [2.05, 4.69) is 23.8 Å². The number of hydrogen-bond donors (Lipinski definition) is 2. The Morgan fingerprint density at radius 1 is 1.46 bits per heavy atom. The number of nitrogens with zero attached hydrogens (tertiary/aromatic N) is 1. The molecule has 4 aliphatic rings. The molecule has 1 saturated carbocycles. The third-order valence-corrected chi connectivity index (χ3v) is 7.33. The number of carbonyl (C=O) groups excluding carboxylic acids is 1. The molecular formula is C20H23ClN2O3. The number of ether oxygens (including phenoxy) is 1. The molecule has 2 bridgehead atoms. The normalized spacial score (nSPS) is 36.8. The van der Waals surface area contributed by atoms with Gasteiger partial charge >= 0.3 is 0 Å². The number of carbonyl (C=O) groups is 1. The summed E-state index contributed by atoms with van der Waals surface area (Å²) in [5.41, 5.74) is 2.34. The molecule has 1 amide bonds. The SMILES string of the molecule is C=C(Cl)C(=O)N[C@@H]1CCC2C3Cc4ccc(O)c5c4C2(CCN3C)[C@H]1O5. The lowest BCUT2D eigenvalue weighted by atomic mass is 9.51. The van der Waals surface area contributed by atoms with Gasteiger partial charge in [-0.05, 0) is 56.8 Å². The lowest BCUT2D eigenvalue weighted by Gasteiger charge is -2.59. The molecule has 2 aliphatic heterocycles. The molecule has 26 heavy (non-hydrogen) atoms. The zero-order valence-corrected chi connectivity index (χ0v) is 15.6. The van der Waals surface area contributed by atoms with E-state index in [0.717, 1.165) is 32.2 Å². The van der Waals surface area contributed by atoms with Crippen molar-refractivity contribution in [1.29, 1.82) is 0 Å². The Morgan fingerprint density at radius 2 is 2.27 bits per heavy atom. The predicted octanol–water partition coefficient (Wildman–Crippen LogP) is 2.30. The number of benzene rings is 1. The van der Waals surface area contributed by atoms with Gasteiger partial charge in [-0.1, -0.05) is 24.2 Å². The lowest BCUT2D eigenvalue weighted by molar-refractivity contribution is -0.120. The van der Waals surface area contributed by atoms with Crippen molar-refractivity contribution in [1.82, 2.24) is 10.2 Å². The van der Waals surface area contributed by atoms with Crippen molar-refractivity contribution in [2.45, 2.75) is 49.3 Å². The van der Waals surface area contributed by atoms with Gasteiger partial charge in [0, 0.05) is 17.0 Å². The van der Waals surface area contributed by atoms with Crippen molar-refractivity contribution < 1.29 is 14.6 Å². The van der Waals surface area contributed by atoms with Crippen LogP contribution in [0.3, 0.4) is 0 Å². The number of likely N-dealkylation sites (N-methyl/N-ethyl adjacent to an activating group) is 1. The van der Waals surface area contributed by atoms with Crippen LogP contribution in [0.4, 0.5) is 0 Å². The highest BCUT2D eigenvalue weighted by Gasteiger charge is 2.65. The Hall–Kier alpha value is -1.72. The van der Waals surface area contributed by atoms with Crippen LogP contribution in [-0.2, 0) is 16.6 Å². The molecule has 138 valence electrons. The number of nitrogens with one attached hydrogen (secondary N) is 1. The molecule has 2 fully saturated rings. The quantitative estimate of drug-likeness (QED) is 0.780. The van der Waals surface area contributed by atoms with Gasteiger partial charge in [0.1, 0.15) is 6.10 Å². The highest BCUT2D eigenvalue weighted by molar-refractivity contribution is 6.41. The van der Waals surface area contributed by atoms with Crippen molar-refractivity contribution in [3.8, 4) is 11.5 Å². The zero-order chi connectivity index (χ0) is 18.2. The molecular weight excluding hydrogens is 352 g/mol. The summed E-state index contributed by atoms with van der Waals surface area (Å²) in [4.78, 5) is 14.6. The molecule has 1 saturated heterocycles. The molecule has 5 rings (SSSR count). The van der Waals surface area contributed by atoms with Gasteiger partial charge in [-0.25, -0.2) is 0 Å². The molecule has 2 N–H and O–H groups in total. The lowest BCUT2D eigenvalue weighted by Crippen LogP contribution is -2.68. The van der Waals surface area contributed by atoms with Crippen LogP contribution < -0.4 is 10.1 Å². The summed E-state index contributed by atoms with van der Waals surface area (Å²) in [5.74, 6) is 0.979. The second kappa shape index (κ2) is 5.40. The van der Waals surface area contributed by atoms with E-state index in [1.165, 1.54) is 11.1 Å². The van der Waals surface area contributed by atoms with Crippen LogP contribution in [0, 0.1) is 5.92 Å². The summed E-state index contributed by atoms with van der Waals surface area (Å²) in [6.07, 6.45) is 3.69. The minimum atomic E-state index is -0.337. The van der Waals surface area contributed by atoms with E-state index in [9.17, 15) is 9.90 Å². The van der Waals surface area contributed by atoms with E-state index >= 15 is 0 Å². The smallest absolute Gasteiger partial charge is 0.262 e. The summed E-state index contributed by atoms with van der Waals surface area (Å²) >= 11 is 5.80. The molecule has 2 heterocycles. The fourth-order valence-electron chi connectivity index (χ4n) is 6.13. The van der Waals surface area contributed by atoms with Crippen molar-refractivity contribution in [2.75, 3.05) is 13.6 Å². The maximum Gasteiger partial charge on any atom is 0.262 e. The maximum atomic E-state index is 12.2. The van der Waals surface area contributed by atoms with Gasteiger partial charge in [0.2, 0.25) is 0 Å². The van der Waals surface area contributed by atoms with Crippen molar-refractivity contribution in [3.63, 3.8) is 0 Å². The zero-order valence-electron chi connectivity index (χ0n) is 14.8. The molecule has 0 radical (unpaired) electrons. The van der Waals surface area contributed by atoms with E-state index in [0.29, 0.717) is 17.7 Å². The average molecular weight is 375 g/mol. The van der Waals surface area contributed by atoms with E-state index < -0.39 is 0 Å². The van der Waals surface area contributed by atoms with Gasteiger partial charge in [0.05, 0.1) is 11.1 Å². The fraction of sp³-hybridized carbons (Fsp3) is 0.550. The number of hydrogen-bond acceptors (Lipinski definition) is 4. The summed E-state index contributed by atoms with van der Waals surface area (Å²) in [6.45, 7) is 4.53. The van der Waals surface area contributed by atoms with Gasteiger partial charge in [0.15, 0.2) is 11.5 Å². The van der Waals surface area contributed by atoms with Crippen LogP contribution in [-0.4, -0.2) is 47.7 Å². The van der Waals surface area contributed by atoms with Crippen LogP contribution in [0.25, 0.3) is 0 Å². The van der Waals surface area contributed by atoms with Gasteiger partial charge in [-0.15, -0.1) is 0 Å². The van der Waals surface area contributed by atoms with Crippen LogP contribution in [0.1, 0.15) is 30.4 Å². The Kier molecular flexibility index (Phi) is 3.41. The number of rotatable bonds is 2. The Bertz CT molecular complexity index is 826. The van der Waals surface area contributed by atoms with E-state index in [4.69, 9.17) is 16.3 Å². The Balaban J connectivity index is 1.64. The molecule has 0 aromatic heterocycles. The molecule has 1 spiro atoms. The number of phenolic OH excluding ortho intramolecular Hbond substituents is 1. The first-order chi connectivity index (χ1) is 12.4.